The Morgan fingerprint density at radius 2 is 2.11 bits per heavy atom. The van der Waals surface area contributed by atoms with Crippen molar-refractivity contribution in [3.8, 4) is 0 Å². The second kappa shape index (κ2) is 6.61. The van der Waals surface area contributed by atoms with Gasteiger partial charge in [0.1, 0.15) is 6.54 Å². The highest BCUT2D eigenvalue weighted by Crippen LogP contribution is 2.22. The van der Waals surface area contributed by atoms with Crippen molar-refractivity contribution in [2.24, 2.45) is 0 Å². The van der Waals surface area contributed by atoms with Gasteiger partial charge in [0.15, 0.2) is 0 Å². The van der Waals surface area contributed by atoms with Crippen molar-refractivity contribution < 1.29 is 14.7 Å². The molecule has 0 aromatic rings. The number of carboxylic acids is 1. The zero-order chi connectivity index (χ0) is 13.7. The van der Waals surface area contributed by atoms with E-state index in [1.54, 1.807) is 0 Å². The molecule has 1 fully saturated rings. The Kier molecular flexibility index (Phi) is 5.44. The summed E-state index contributed by atoms with van der Waals surface area (Å²) in [6.45, 7) is 6.48. The quantitative estimate of drug-likeness (QED) is 0.820. The fourth-order valence-corrected chi connectivity index (χ4v) is 2.46. The van der Waals surface area contributed by atoms with Crippen molar-refractivity contribution in [2.75, 3.05) is 13.1 Å². The summed E-state index contributed by atoms with van der Waals surface area (Å²) in [6.07, 6.45) is 3.76. The van der Waals surface area contributed by atoms with Gasteiger partial charge in [-0.2, -0.15) is 0 Å². The SMILES string of the molecule is CCC(C)N(CC(=O)O)C(=O)N1CCCC1CC. The Morgan fingerprint density at radius 1 is 1.44 bits per heavy atom. The molecule has 1 rings (SSSR count). The number of likely N-dealkylation sites (tertiary alicyclic amines) is 1. The van der Waals surface area contributed by atoms with Gasteiger partial charge in [-0.05, 0) is 32.6 Å². The maximum atomic E-state index is 12.4. The molecule has 2 atom stereocenters. The molecule has 1 aliphatic heterocycles. The third-order valence-electron chi connectivity index (χ3n) is 3.77. The monoisotopic (exact) mass is 256 g/mol. The minimum absolute atomic E-state index is 0.0355. The van der Waals surface area contributed by atoms with Crippen LogP contribution in [0.1, 0.15) is 46.5 Å². The van der Waals surface area contributed by atoms with E-state index >= 15 is 0 Å². The van der Waals surface area contributed by atoms with E-state index in [-0.39, 0.29) is 24.7 Å². The summed E-state index contributed by atoms with van der Waals surface area (Å²) in [5.41, 5.74) is 0. The van der Waals surface area contributed by atoms with Crippen molar-refractivity contribution in [2.45, 2.75) is 58.5 Å². The molecule has 5 heteroatoms. The number of carbonyl (C=O) groups is 2. The van der Waals surface area contributed by atoms with Crippen molar-refractivity contribution >= 4 is 12.0 Å². The standard InChI is InChI=1S/C13H24N2O3/c1-4-10(3)15(9-12(16)17)13(18)14-8-6-7-11(14)5-2/h10-11H,4-9H2,1-3H3,(H,16,17). The molecule has 2 amide bonds. The number of nitrogens with zero attached hydrogens (tertiary/aromatic N) is 2. The zero-order valence-electron chi connectivity index (χ0n) is 11.6. The molecular formula is C13H24N2O3. The predicted octanol–water partition coefficient (Wildman–Crippen LogP) is 2.17. The van der Waals surface area contributed by atoms with Gasteiger partial charge in [0.25, 0.3) is 0 Å². The van der Waals surface area contributed by atoms with Crippen LogP contribution in [0.2, 0.25) is 0 Å². The number of rotatable bonds is 5. The first kappa shape index (κ1) is 14.8. The maximum Gasteiger partial charge on any atom is 0.323 e. The highest BCUT2D eigenvalue weighted by molar-refractivity contribution is 5.80. The molecule has 2 unspecified atom stereocenters. The fraction of sp³-hybridized carbons (Fsp3) is 0.846. The van der Waals surface area contributed by atoms with Crippen LogP contribution in [-0.4, -0.2) is 52.1 Å². The van der Waals surface area contributed by atoms with Crippen LogP contribution in [0.3, 0.4) is 0 Å². The number of amides is 2. The van der Waals surface area contributed by atoms with Crippen LogP contribution in [-0.2, 0) is 4.79 Å². The molecule has 0 aromatic heterocycles. The lowest BCUT2D eigenvalue weighted by molar-refractivity contribution is -0.138. The summed E-state index contributed by atoms with van der Waals surface area (Å²) in [7, 11) is 0. The molecule has 1 aliphatic rings. The van der Waals surface area contributed by atoms with E-state index in [0.717, 1.165) is 32.2 Å². The molecule has 0 saturated carbocycles. The van der Waals surface area contributed by atoms with Crippen LogP contribution in [0.15, 0.2) is 0 Å². The number of carbonyl (C=O) groups excluding carboxylic acids is 1. The molecule has 0 aromatic carbocycles. The normalized spacial score (nSPS) is 20.8. The molecule has 0 bridgehead atoms. The van der Waals surface area contributed by atoms with E-state index in [2.05, 4.69) is 6.92 Å². The largest absolute Gasteiger partial charge is 0.480 e. The van der Waals surface area contributed by atoms with Crippen molar-refractivity contribution in [3.05, 3.63) is 0 Å². The third-order valence-corrected chi connectivity index (χ3v) is 3.77. The molecule has 1 N–H and O–H groups in total. The number of hydrogen-bond acceptors (Lipinski definition) is 2. The fourth-order valence-electron chi connectivity index (χ4n) is 2.46. The molecule has 0 aliphatic carbocycles. The Morgan fingerprint density at radius 3 is 2.61 bits per heavy atom. The minimum atomic E-state index is -0.948. The summed E-state index contributed by atoms with van der Waals surface area (Å²) in [5.74, 6) is -0.948. The van der Waals surface area contributed by atoms with Crippen molar-refractivity contribution in [1.29, 1.82) is 0 Å². The number of urea groups is 1. The van der Waals surface area contributed by atoms with Crippen LogP contribution in [0.25, 0.3) is 0 Å². The van der Waals surface area contributed by atoms with Crippen LogP contribution in [0.4, 0.5) is 4.79 Å². The third kappa shape index (κ3) is 3.37. The summed E-state index contributed by atoms with van der Waals surface area (Å²) in [5, 5.41) is 8.93. The lowest BCUT2D eigenvalue weighted by atomic mass is 10.1. The predicted molar refractivity (Wildman–Crippen MR) is 69.5 cm³/mol. The Balaban J connectivity index is 2.77. The van der Waals surface area contributed by atoms with E-state index in [4.69, 9.17) is 5.11 Å². The van der Waals surface area contributed by atoms with E-state index in [9.17, 15) is 9.59 Å². The van der Waals surface area contributed by atoms with Gasteiger partial charge in [-0.3, -0.25) is 4.79 Å². The van der Waals surface area contributed by atoms with E-state index in [1.807, 2.05) is 18.7 Å². The first-order chi connectivity index (χ1) is 8.51. The summed E-state index contributed by atoms with van der Waals surface area (Å²) in [6, 6.07) is 0.126. The van der Waals surface area contributed by atoms with Gasteiger partial charge >= 0.3 is 12.0 Å². The molecule has 0 spiro atoms. The Hall–Kier alpha value is -1.26. The van der Waals surface area contributed by atoms with E-state index < -0.39 is 5.97 Å². The Bertz CT molecular complexity index is 307. The molecule has 18 heavy (non-hydrogen) atoms. The van der Waals surface area contributed by atoms with E-state index in [0.29, 0.717) is 0 Å². The molecule has 1 saturated heterocycles. The first-order valence-electron chi connectivity index (χ1n) is 6.80. The average molecular weight is 256 g/mol. The molecular weight excluding hydrogens is 232 g/mol. The first-order valence-corrected chi connectivity index (χ1v) is 6.80. The number of hydrogen-bond donors (Lipinski definition) is 1. The van der Waals surface area contributed by atoms with Crippen LogP contribution < -0.4 is 0 Å². The second-order valence-corrected chi connectivity index (χ2v) is 4.96. The molecule has 1 heterocycles. The summed E-state index contributed by atoms with van der Waals surface area (Å²) >= 11 is 0. The molecule has 104 valence electrons. The summed E-state index contributed by atoms with van der Waals surface area (Å²) in [4.78, 5) is 26.7. The van der Waals surface area contributed by atoms with Gasteiger partial charge < -0.3 is 14.9 Å². The molecule has 5 nitrogen and oxygen atoms in total. The van der Waals surface area contributed by atoms with E-state index in [1.165, 1.54) is 4.90 Å². The van der Waals surface area contributed by atoms with Gasteiger partial charge in [-0.1, -0.05) is 13.8 Å². The lowest BCUT2D eigenvalue weighted by Gasteiger charge is -2.34. The Labute approximate surface area is 109 Å². The average Bonchev–Trinajstić information content (AvgIpc) is 2.82. The number of aliphatic carboxylic acids is 1. The van der Waals surface area contributed by atoms with Gasteiger partial charge in [-0.25, -0.2) is 4.79 Å². The van der Waals surface area contributed by atoms with Gasteiger partial charge in [0.2, 0.25) is 0 Å². The molecule has 0 radical (unpaired) electrons. The van der Waals surface area contributed by atoms with Crippen molar-refractivity contribution in [1.82, 2.24) is 9.80 Å². The zero-order valence-corrected chi connectivity index (χ0v) is 11.6. The van der Waals surface area contributed by atoms with Gasteiger partial charge in [0.05, 0.1) is 0 Å². The lowest BCUT2D eigenvalue weighted by Crippen LogP contribution is -2.50. The highest BCUT2D eigenvalue weighted by atomic mass is 16.4. The summed E-state index contributed by atoms with van der Waals surface area (Å²) < 4.78 is 0. The van der Waals surface area contributed by atoms with Gasteiger partial charge in [-0.15, -0.1) is 0 Å². The highest BCUT2D eigenvalue weighted by Gasteiger charge is 2.32. The maximum absolute atomic E-state index is 12.4. The number of carboxylic acid groups (broad SMARTS) is 1. The van der Waals surface area contributed by atoms with Crippen LogP contribution in [0.5, 0.6) is 0 Å². The second-order valence-electron chi connectivity index (χ2n) is 4.96. The smallest absolute Gasteiger partial charge is 0.323 e. The minimum Gasteiger partial charge on any atom is -0.480 e. The topological polar surface area (TPSA) is 60.9 Å². The van der Waals surface area contributed by atoms with Crippen LogP contribution >= 0.6 is 0 Å². The van der Waals surface area contributed by atoms with Crippen molar-refractivity contribution in [3.63, 3.8) is 0 Å². The van der Waals surface area contributed by atoms with Gasteiger partial charge in [0, 0.05) is 18.6 Å². The van der Waals surface area contributed by atoms with Crippen LogP contribution in [0, 0.1) is 0 Å².